The normalized spacial score (nSPS) is 14.5. The van der Waals surface area contributed by atoms with Gasteiger partial charge < -0.3 is 15.6 Å². The van der Waals surface area contributed by atoms with E-state index in [1.807, 2.05) is 51.1 Å². The molecule has 0 aliphatic rings. The van der Waals surface area contributed by atoms with Crippen LogP contribution in [0.25, 0.3) is 0 Å². The summed E-state index contributed by atoms with van der Waals surface area (Å²) < 4.78 is 5.20. The highest BCUT2D eigenvalue weighted by atomic mass is 32.2. The van der Waals surface area contributed by atoms with Crippen molar-refractivity contribution in [3.8, 4) is 0 Å². The average molecular weight is 311 g/mol. The maximum atomic E-state index is 11.5. The van der Waals surface area contributed by atoms with Crippen LogP contribution in [0.2, 0.25) is 0 Å². The van der Waals surface area contributed by atoms with Crippen molar-refractivity contribution >= 4 is 17.7 Å². The minimum atomic E-state index is -0.641. The molecule has 21 heavy (non-hydrogen) atoms. The first-order chi connectivity index (χ1) is 9.78. The second-order valence-corrected chi connectivity index (χ2v) is 7.05. The van der Waals surface area contributed by atoms with Crippen molar-refractivity contribution in [1.82, 2.24) is 0 Å². The van der Waals surface area contributed by atoms with E-state index < -0.39 is 11.7 Å². The van der Waals surface area contributed by atoms with Crippen molar-refractivity contribution in [2.45, 2.75) is 44.9 Å². The van der Waals surface area contributed by atoms with Gasteiger partial charge in [-0.2, -0.15) is 0 Å². The second kappa shape index (κ2) is 8.41. The number of hydrogen-bond acceptors (Lipinski definition) is 5. The molecule has 0 aromatic heterocycles. The van der Waals surface area contributed by atoms with Gasteiger partial charge in [0.1, 0.15) is 5.60 Å². The van der Waals surface area contributed by atoms with Crippen LogP contribution in [0, 0.1) is 0 Å². The predicted molar refractivity (Wildman–Crippen MR) is 87.3 cm³/mol. The second-order valence-electron chi connectivity index (χ2n) is 6.02. The number of thioether (sulfide) groups is 1. The summed E-state index contributed by atoms with van der Waals surface area (Å²) in [6.07, 6.45) is -0.0210. The fourth-order valence-electron chi connectivity index (χ4n) is 1.78. The zero-order valence-electron chi connectivity index (χ0n) is 12.9. The summed E-state index contributed by atoms with van der Waals surface area (Å²) in [5.41, 5.74) is 6.61. The third-order valence-corrected chi connectivity index (χ3v) is 3.75. The van der Waals surface area contributed by atoms with Crippen LogP contribution in [0.5, 0.6) is 0 Å². The first kappa shape index (κ1) is 18.0. The summed E-state index contributed by atoms with van der Waals surface area (Å²) in [6.45, 7) is 5.50. The van der Waals surface area contributed by atoms with Gasteiger partial charge in [0.05, 0.1) is 11.9 Å². The largest absolute Gasteiger partial charge is 0.459 e. The molecule has 0 aliphatic carbocycles. The Labute approximate surface area is 131 Å². The molecular formula is C16H25NO3S. The standard InChI is InChI=1S/C16H25NO3S/c1-16(2,3)20-15(19)11-21-10-14(18)13(17)9-12-7-5-4-6-8-12/h4-8,13-14,18H,9-11,17H2,1-3H3. The van der Waals surface area contributed by atoms with Gasteiger partial charge in [0.2, 0.25) is 0 Å². The van der Waals surface area contributed by atoms with Gasteiger partial charge in [-0.1, -0.05) is 30.3 Å². The maximum Gasteiger partial charge on any atom is 0.316 e. The fraction of sp³-hybridized carbons (Fsp3) is 0.562. The number of ether oxygens (including phenoxy) is 1. The molecule has 1 aromatic carbocycles. The summed E-state index contributed by atoms with van der Waals surface area (Å²) >= 11 is 1.34. The van der Waals surface area contributed by atoms with E-state index >= 15 is 0 Å². The SMILES string of the molecule is CC(C)(C)OC(=O)CSCC(O)C(N)Cc1ccccc1. The molecule has 0 fully saturated rings. The van der Waals surface area contributed by atoms with Crippen molar-refractivity contribution in [1.29, 1.82) is 0 Å². The molecule has 0 saturated heterocycles. The topological polar surface area (TPSA) is 72.5 Å². The Morgan fingerprint density at radius 3 is 2.52 bits per heavy atom. The lowest BCUT2D eigenvalue weighted by Gasteiger charge is -2.20. The van der Waals surface area contributed by atoms with E-state index in [0.717, 1.165) is 5.56 Å². The lowest BCUT2D eigenvalue weighted by atomic mass is 10.0. The molecule has 118 valence electrons. The molecule has 0 amide bonds. The number of carbonyl (C=O) groups is 1. The van der Waals surface area contributed by atoms with Crippen molar-refractivity contribution in [2.75, 3.05) is 11.5 Å². The van der Waals surface area contributed by atoms with E-state index in [1.165, 1.54) is 11.8 Å². The van der Waals surface area contributed by atoms with Gasteiger partial charge >= 0.3 is 5.97 Å². The highest BCUT2D eigenvalue weighted by Gasteiger charge is 2.18. The number of aliphatic hydroxyl groups is 1. The Hall–Kier alpha value is -1.04. The van der Waals surface area contributed by atoms with Crippen LogP contribution in [0.3, 0.4) is 0 Å². The first-order valence-electron chi connectivity index (χ1n) is 7.05. The molecule has 3 N–H and O–H groups in total. The Morgan fingerprint density at radius 1 is 1.33 bits per heavy atom. The average Bonchev–Trinajstić information content (AvgIpc) is 2.37. The number of carbonyl (C=O) groups excluding carboxylic acids is 1. The van der Waals surface area contributed by atoms with Crippen LogP contribution in [0.15, 0.2) is 30.3 Å². The third-order valence-electron chi connectivity index (χ3n) is 2.74. The van der Waals surface area contributed by atoms with E-state index in [-0.39, 0.29) is 17.8 Å². The van der Waals surface area contributed by atoms with Gasteiger partial charge in [-0.25, -0.2) is 0 Å². The van der Waals surface area contributed by atoms with Gasteiger partial charge in [-0.05, 0) is 32.8 Å². The fourth-order valence-corrected chi connectivity index (χ4v) is 2.61. The summed E-state index contributed by atoms with van der Waals surface area (Å²) in [7, 11) is 0. The molecule has 0 saturated carbocycles. The number of nitrogens with two attached hydrogens (primary N) is 1. The molecule has 0 spiro atoms. The summed E-state index contributed by atoms with van der Waals surface area (Å²) in [5.74, 6) is 0.385. The quantitative estimate of drug-likeness (QED) is 0.754. The number of rotatable bonds is 7. The lowest BCUT2D eigenvalue weighted by Crippen LogP contribution is -2.38. The molecule has 2 unspecified atom stereocenters. The molecule has 0 bridgehead atoms. The zero-order chi connectivity index (χ0) is 15.9. The molecule has 0 heterocycles. The summed E-state index contributed by atoms with van der Waals surface area (Å²) in [5, 5.41) is 10.0. The Bertz CT molecular complexity index is 431. The Kier molecular flexibility index (Phi) is 7.22. The van der Waals surface area contributed by atoms with E-state index in [9.17, 15) is 9.90 Å². The third kappa shape index (κ3) is 8.09. The Balaban J connectivity index is 2.27. The van der Waals surface area contributed by atoms with Gasteiger partial charge in [0.15, 0.2) is 0 Å². The van der Waals surface area contributed by atoms with Gasteiger partial charge in [-0.15, -0.1) is 11.8 Å². The smallest absolute Gasteiger partial charge is 0.316 e. The van der Waals surface area contributed by atoms with Crippen molar-refractivity contribution in [3.05, 3.63) is 35.9 Å². The number of esters is 1. The minimum absolute atomic E-state index is 0.229. The van der Waals surface area contributed by atoms with E-state index in [0.29, 0.717) is 12.2 Å². The van der Waals surface area contributed by atoms with Crippen molar-refractivity contribution in [3.63, 3.8) is 0 Å². The zero-order valence-corrected chi connectivity index (χ0v) is 13.7. The monoisotopic (exact) mass is 311 g/mol. The number of benzene rings is 1. The predicted octanol–water partition coefficient (Wildman–Crippen LogP) is 1.99. The van der Waals surface area contributed by atoms with E-state index in [1.54, 1.807) is 0 Å². The Morgan fingerprint density at radius 2 is 1.95 bits per heavy atom. The molecule has 1 aromatic rings. The van der Waals surface area contributed by atoms with Crippen molar-refractivity contribution in [2.24, 2.45) is 5.73 Å². The molecule has 0 radical (unpaired) electrons. The van der Waals surface area contributed by atoms with E-state index in [4.69, 9.17) is 10.5 Å². The first-order valence-corrected chi connectivity index (χ1v) is 8.20. The molecule has 5 heteroatoms. The van der Waals surface area contributed by atoms with Gasteiger partial charge in [0, 0.05) is 11.8 Å². The van der Waals surface area contributed by atoms with Crippen LogP contribution >= 0.6 is 11.8 Å². The van der Waals surface area contributed by atoms with Crippen molar-refractivity contribution < 1.29 is 14.6 Å². The number of aliphatic hydroxyl groups excluding tert-OH is 1. The van der Waals surface area contributed by atoms with E-state index in [2.05, 4.69) is 0 Å². The minimum Gasteiger partial charge on any atom is -0.459 e. The molecule has 0 aliphatic heterocycles. The molecule has 1 rings (SSSR count). The summed E-state index contributed by atoms with van der Waals surface area (Å²) in [6, 6.07) is 9.49. The van der Waals surface area contributed by atoms with Crippen LogP contribution in [-0.4, -0.2) is 40.3 Å². The number of hydrogen-bond donors (Lipinski definition) is 2. The van der Waals surface area contributed by atoms with Gasteiger partial charge in [0.25, 0.3) is 0 Å². The highest BCUT2D eigenvalue weighted by molar-refractivity contribution is 7.99. The van der Waals surface area contributed by atoms with Crippen LogP contribution < -0.4 is 5.73 Å². The van der Waals surface area contributed by atoms with Crippen LogP contribution in [0.1, 0.15) is 26.3 Å². The summed E-state index contributed by atoms with van der Waals surface area (Å²) in [4.78, 5) is 11.5. The highest BCUT2D eigenvalue weighted by Crippen LogP contribution is 2.12. The van der Waals surface area contributed by atoms with Crippen LogP contribution in [0.4, 0.5) is 0 Å². The molecule has 2 atom stereocenters. The van der Waals surface area contributed by atoms with Crippen LogP contribution in [-0.2, 0) is 16.0 Å². The maximum absolute atomic E-state index is 11.5. The lowest BCUT2D eigenvalue weighted by molar-refractivity contribution is -0.151. The van der Waals surface area contributed by atoms with Gasteiger partial charge in [-0.3, -0.25) is 4.79 Å². The molecular weight excluding hydrogens is 286 g/mol. The molecule has 4 nitrogen and oxygen atoms in total.